The lowest BCUT2D eigenvalue weighted by Gasteiger charge is -2.26. The third-order valence-corrected chi connectivity index (χ3v) is 4.81. The van der Waals surface area contributed by atoms with Gasteiger partial charge in [0.1, 0.15) is 5.75 Å². The van der Waals surface area contributed by atoms with Crippen LogP contribution in [0, 0.1) is 0 Å². The van der Waals surface area contributed by atoms with Crippen molar-refractivity contribution in [1.82, 2.24) is 5.32 Å². The molecule has 6 nitrogen and oxygen atoms in total. The Morgan fingerprint density at radius 2 is 1.88 bits per heavy atom. The molecular weight excluding hydrogens is 334 g/mol. The molecule has 0 aromatic heterocycles. The third-order valence-electron chi connectivity index (χ3n) is 4.81. The van der Waals surface area contributed by atoms with Crippen molar-refractivity contribution in [3.63, 3.8) is 0 Å². The fourth-order valence-corrected chi connectivity index (χ4v) is 3.50. The highest BCUT2D eigenvalue weighted by Gasteiger charge is 2.31. The predicted molar refractivity (Wildman–Crippen MR) is 93.0 cm³/mol. The molecule has 26 heavy (non-hydrogen) atoms. The minimum absolute atomic E-state index is 0.434. The van der Waals surface area contributed by atoms with E-state index in [1.54, 1.807) is 18.2 Å². The van der Waals surface area contributed by atoms with E-state index in [2.05, 4.69) is 5.32 Å². The average molecular weight is 353 g/mol. The number of fused-ring (bicyclic) bond motifs is 2. The summed E-state index contributed by atoms with van der Waals surface area (Å²) < 4.78 is 11.1. The number of carbonyl (C=O) groups excluding carboxylic acids is 1. The van der Waals surface area contributed by atoms with Crippen molar-refractivity contribution in [3.05, 3.63) is 64.7 Å². The number of nitrogens with one attached hydrogen (secondary N) is 1. The number of aliphatic carboxylic acids is 1. The second-order valence-electron chi connectivity index (χ2n) is 6.45. The number of ether oxygens (including phenoxy) is 2. The summed E-state index contributed by atoms with van der Waals surface area (Å²) in [5, 5.41) is 12.3. The number of benzene rings is 2. The van der Waals surface area contributed by atoms with E-state index in [-0.39, 0.29) is 0 Å². The van der Waals surface area contributed by atoms with E-state index in [1.165, 1.54) is 0 Å². The van der Waals surface area contributed by atoms with Crippen molar-refractivity contribution in [2.75, 3.05) is 13.2 Å². The van der Waals surface area contributed by atoms with Crippen LogP contribution in [0.1, 0.15) is 34.4 Å². The Morgan fingerprint density at radius 3 is 2.73 bits per heavy atom. The largest absolute Gasteiger partial charge is 0.493 e. The summed E-state index contributed by atoms with van der Waals surface area (Å²) in [7, 11) is 0. The van der Waals surface area contributed by atoms with Gasteiger partial charge < -0.3 is 19.9 Å². The van der Waals surface area contributed by atoms with Gasteiger partial charge in [-0.05, 0) is 40.8 Å². The molecule has 0 aliphatic carbocycles. The van der Waals surface area contributed by atoms with Crippen LogP contribution < -0.4 is 10.1 Å². The molecule has 0 fully saturated rings. The molecule has 2 atom stereocenters. The zero-order valence-electron chi connectivity index (χ0n) is 14.1. The predicted octanol–water partition coefficient (Wildman–Crippen LogP) is 2.18. The first-order chi connectivity index (χ1) is 12.6. The summed E-state index contributed by atoms with van der Waals surface area (Å²) in [4.78, 5) is 24.5. The third kappa shape index (κ3) is 3.04. The molecule has 2 aliphatic rings. The molecule has 0 bridgehead atoms. The van der Waals surface area contributed by atoms with E-state index < -0.39 is 24.0 Å². The van der Waals surface area contributed by atoms with Gasteiger partial charge >= 0.3 is 5.97 Å². The summed E-state index contributed by atoms with van der Waals surface area (Å²) in [6.07, 6.45) is 0.690. The number of amides is 1. The van der Waals surface area contributed by atoms with Gasteiger partial charge in [0.05, 0.1) is 13.2 Å². The van der Waals surface area contributed by atoms with E-state index in [0.29, 0.717) is 18.8 Å². The summed E-state index contributed by atoms with van der Waals surface area (Å²) in [6, 6.07) is 11.7. The standard InChI is InChI=1S/C20H19NO5/c22-19(18-15-4-2-1-3-12(15)7-10-26-18)21-17(20(23)24)14-5-6-16-13(11-14)8-9-25-16/h1-6,11,17-18H,7-10H2,(H,21,22)(H,23,24). The van der Waals surface area contributed by atoms with Gasteiger partial charge in [-0.15, -0.1) is 0 Å². The lowest BCUT2D eigenvalue weighted by atomic mass is 9.96. The van der Waals surface area contributed by atoms with Crippen molar-refractivity contribution in [2.24, 2.45) is 0 Å². The summed E-state index contributed by atoms with van der Waals surface area (Å²) in [6.45, 7) is 1.03. The normalized spacial score (nSPS) is 19.0. The SMILES string of the molecule is O=C(O)C(NC(=O)C1OCCc2ccccc21)c1ccc2c(c1)CCO2. The molecule has 2 unspecified atom stereocenters. The highest BCUT2D eigenvalue weighted by Crippen LogP contribution is 2.30. The Bertz CT molecular complexity index is 863. The number of hydrogen-bond donors (Lipinski definition) is 2. The van der Waals surface area contributed by atoms with E-state index in [9.17, 15) is 14.7 Å². The molecule has 2 aromatic carbocycles. The molecule has 2 aliphatic heterocycles. The van der Waals surface area contributed by atoms with Gasteiger partial charge in [0, 0.05) is 6.42 Å². The number of carboxylic acids is 1. The van der Waals surface area contributed by atoms with E-state index in [1.807, 2.05) is 24.3 Å². The monoisotopic (exact) mass is 353 g/mol. The van der Waals surface area contributed by atoms with Crippen molar-refractivity contribution >= 4 is 11.9 Å². The molecule has 2 aromatic rings. The fraction of sp³-hybridized carbons (Fsp3) is 0.300. The Morgan fingerprint density at radius 1 is 1.08 bits per heavy atom. The van der Waals surface area contributed by atoms with Crippen LogP contribution in [0.25, 0.3) is 0 Å². The fourth-order valence-electron chi connectivity index (χ4n) is 3.50. The lowest BCUT2D eigenvalue weighted by Crippen LogP contribution is -2.39. The van der Waals surface area contributed by atoms with Crippen LogP contribution >= 0.6 is 0 Å². The number of rotatable bonds is 4. The summed E-state index contributed by atoms with van der Waals surface area (Å²) in [5.74, 6) is -0.781. The quantitative estimate of drug-likeness (QED) is 0.880. The highest BCUT2D eigenvalue weighted by molar-refractivity contribution is 5.88. The van der Waals surface area contributed by atoms with Gasteiger partial charge in [-0.2, -0.15) is 0 Å². The van der Waals surface area contributed by atoms with Crippen molar-refractivity contribution in [2.45, 2.75) is 25.0 Å². The average Bonchev–Trinajstić information content (AvgIpc) is 3.13. The Kier molecular flexibility index (Phi) is 4.34. The molecule has 134 valence electrons. The maximum absolute atomic E-state index is 12.8. The zero-order chi connectivity index (χ0) is 18.1. The van der Waals surface area contributed by atoms with E-state index in [0.717, 1.165) is 35.3 Å². The first kappa shape index (κ1) is 16.6. The minimum Gasteiger partial charge on any atom is -0.493 e. The molecule has 6 heteroatoms. The van der Waals surface area contributed by atoms with Gasteiger partial charge in [-0.25, -0.2) is 4.79 Å². The molecule has 0 radical (unpaired) electrons. The number of carboxylic acid groups (broad SMARTS) is 1. The molecule has 2 N–H and O–H groups in total. The van der Waals surface area contributed by atoms with Crippen LogP contribution in [0.5, 0.6) is 5.75 Å². The molecule has 0 saturated carbocycles. The second kappa shape index (κ2) is 6.80. The maximum atomic E-state index is 12.8. The zero-order valence-corrected chi connectivity index (χ0v) is 14.1. The Balaban J connectivity index is 1.58. The lowest BCUT2D eigenvalue weighted by molar-refractivity contribution is -0.145. The van der Waals surface area contributed by atoms with Gasteiger partial charge in [0.15, 0.2) is 12.1 Å². The molecule has 0 spiro atoms. The summed E-state index contributed by atoms with van der Waals surface area (Å²) >= 11 is 0. The van der Waals surface area contributed by atoms with Crippen LogP contribution in [0.15, 0.2) is 42.5 Å². The molecule has 4 rings (SSSR count). The van der Waals surface area contributed by atoms with Gasteiger partial charge in [0.2, 0.25) is 0 Å². The first-order valence-electron chi connectivity index (χ1n) is 8.61. The molecule has 1 amide bonds. The number of carbonyl (C=O) groups is 2. The van der Waals surface area contributed by atoms with Crippen LogP contribution in [-0.2, 0) is 27.2 Å². The highest BCUT2D eigenvalue weighted by atomic mass is 16.5. The molecule has 0 saturated heterocycles. The van der Waals surface area contributed by atoms with Crippen molar-refractivity contribution in [3.8, 4) is 5.75 Å². The van der Waals surface area contributed by atoms with Crippen molar-refractivity contribution < 1.29 is 24.2 Å². The van der Waals surface area contributed by atoms with Gasteiger partial charge in [-0.3, -0.25) is 4.79 Å². The topological polar surface area (TPSA) is 84.9 Å². The van der Waals surface area contributed by atoms with E-state index in [4.69, 9.17) is 9.47 Å². The molecule has 2 heterocycles. The first-order valence-corrected chi connectivity index (χ1v) is 8.61. The Hall–Kier alpha value is -2.86. The van der Waals surface area contributed by atoms with Crippen molar-refractivity contribution in [1.29, 1.82) is 0 Å². The van der Waals surface area contributed by atoms with Crippen LogP contribution in [-0.4, -0.2) is 30.2 Å². The number of hydrogen-bond acceptors (Lipinski definition) is 4. The van der Waals surface area contributed by atoms with Gasteiger partial charge in [0.25, 0.3) is 5.91 Å². The smallest absolute Gasteiger partial charge is 0.330 e. The van der Waals surface area contributed by atoms with E-state index >= 15 is 0 Å². The van der Waals surface area contributed by atoms with Gasteiger partial charge in [-0.1, -0.05) is 30.3 Å². The van der Waals surface area contributed by atoms with Crippen LogP contribution in [0.3, 0.4) is 0 Å². The molecular formula is C20H19NO5. The minimum atomic E-state index is -1.13. The Labute approximate surface area is 150 Å². The van der Waals surface area contributed by atoms with Crippen LogP contribution in [0.2, 0.25) is 0 Å². The maximum Gasteiger partial charge on any atom is 0.330 e. The second-order valence-corrected chi connectivity index (χ2v) is 6.45. The van der Waals surface area contributed by atoms with Crippen LogP contribution in [0.4, 0.5) is 0 Å². The summed E-state index contributed by atoms with van der Waals surface area (Å²) in [5.41, 5.74) is 3.34.